The minimum Gasteiger partial charge on any atom is -0.387 e. The van der Waals surface area contributed by atoms with E-state index in [2.05, 4.69) is 139 Å². The van der Waals surface area contributed by atoms with Crippen LogP contribution in [0.25, 0.3) is 11.3 Å². The molecule has 0 fully saturated rings. The summed E-state index contributed by atoms with van der Waals surface area (Å²) in [7, 11) is 0. The predicted octanol–water partition coefficient (Wildman–Crippen LogP) is 7.18. The SMILES string of the molecule is CC1(C)C2=C(c3ccccc31)N(C1=NC(c3ccccc3)NC(c3ccccc3)=N1)c1ccccc1C1=C2C=CNC1. The number of rotatable bonds is 2. The van der Waals surface area contributed by atoms with Gasteiger partial charge in [0.25, 0.3) is 0 Å². The Bertz CT molecular complexity index is 1880. The van der Waals surface area contributed by atoms with Crippen LogP contribution >= 0.6 is 0 Å². The number of fused-ring (bicyclic) bond motifs is 5. The molecule has 0 saturated heterocycles. The number of anilines is 1. The maximum absolute atomic E-state index is 5.35. The van der Waals surface area contributed by atoms with Crippen molar-refractivity contribution in [2.75, 3.05) is 11.4 Å². The summed E-state index contributed by atoms with van der Waals surface area (Å²) in [5.74, 6) is 1.48. The van der Waals surface area contributed by atoms with Crippen LogP contribution in [0.4, 0.5) is 5.69 Å². The molecule has 1 unspecified atom stereocenters. The predicted molar refractivity (Wildman–Crippen MR) is 172 cm³/mol. The number of nitrogens with one attached hydrogen (secondary N) is 2. The molecule has 3 aliphatic heterocycles. The fraction of sp³-hybridized carbons (Fsp3) is 0.135. The first-order valence-electron chi connectivity index (χ1n) is 14.5. The molecule has 204 valence electrons. The summed E-state index contributed by atoms with van der Waals surface area (Å²) in [5.41, 5.74) is 11.8. The molecule has 1 aliphatic carbocycles. The van der Waals surface area contributed by atoms with Crippen molar-refractivity contribution in [3.05, 3.63) is 160 Å². The van der Waals surface area contributed by atoms with Crippen molar-refractivity contribution in [1.29, 1.82) is 0 Å². The normalized spacial score (nSPS) is 19.9. The zero-order valence-corrected chi connectivity index (χ0v) is 23.7. The summed E-state index contributed by atoms with van der Waals surface area (Å²) in [4.78, 5) is 13.0. The van der Waals surface area contributed by atoms with E-state index in [0.717, 1.165) is 34.9 Å². The number of dihydropyridines is 1. The number of hydrogen-bond donors (Lipinski definition) is 2. The number of aliphatic imine (C=N–C) groups is 2. The van der Waals surface area contributed by atoms with Crippen LogP contribution < -0.4 is 15.5 Å². The molecule has 5 heteroatoms. The molecular weight excluding hydrogens is 514 g/mol. The number of para-hydroxylation sites is 1. The van der Waals surface area contributed by atoms with E-state index in [0.29, 0.717) is 5.96 Å². The second-order valence-corrected chi connectivity index (χ2v) is 11.6. The minimum atomic E-state index is -0.290. The molecule has 0 spiro atoms. The van der Waals surface area contributed by atoms with E-state index in [9.17, 15) is 0 Å². The van der Waals surface area contributed by atoms with Gasteiger partial charge in [-0.05, 0) is 46.2 Å². The largest absolute Gasteiger partial charge is 0.387 e. The van der Waals surface area contributed by atoms with E-state index in [1.165, 1.54) is 33.4 Å². The maximum atomic E-state index is 5.35. The first kappa shape index (κ1) is 24.6. The molecule has 42 heavy (non-hydrogen) atoms. The lowest BCUT2D eigenvalue weighted by atomic mass is 9.76. The van der Waals surface area contributed by atoms with Gasteiger partial charge < -0.3 is 10.6 Å². The summed E-state index contributed by atoms with van der Waals surface area (Å²) in [6.07, 6.45) is 4.04. The van der Waals surface area contributed by atoms with Crippen molar-refractivity contribution < 1.29 is 0 Å². The lowest BCUT2D eigenvalue weighted by molar-refractivity contribution is 0.647. The van der Waals surface area contributed by atoms with Crippen LogP contribution in [0.5, 0.6) is 0 Å². The van der Waals surface area contributed by atoms with Gasteiger partial charge >= 0.3 is 0 Å². The Balaban J connectivity index is 1.44. The van der Waals surface area contributed by atoms with Gasteiger partial charge in [-0.1, -0.05) is 117 Å². The topological polar surface area (TPSA) is 52.0 Å². The highest BCUT2D eigenvalue weighted by molar-refractivity contribution is 6.19. The summed E-state index contributed by atoms with van der Waals surface area (Å²) in [6.45, 7) is 5.45. The van der Waals surface area contributed by atoms with E-state index >= 15 is 0 Å². The summed E-state index contributed by atoms with van der Waals surface area (Å²) in [6, 6.07) is 38.3. The Kier molecular flexibility index (Phi) is 5.54. The Morgan fingerprint density at radius 2 is 1.48 bits per heavy atom. The van der Waals surface area contributed by atoms with Crippen molar-refractivity contribution >= 4 is 28.8 Å². The van der Waals surface area contributed by atoms with E-state index in [4.69, 9.17) is 9.98 Å². The lowest BCUT2D eigenvalue weighted by Gasteiger charge is -2.32. The smallest absolute Gasteiger partial charge is 0.234 e. The molecule has 3 heterocycles. The molecule has 2 N–H and O–H groups in total. The molecule has 0 aromatic heterocycles. The summed E-state index contributed by atoms with van der Waals surface area (Å²) < 4.78 is 0. The first-order chi connectivity index (χ1) is 20.6. The van der Waals surface area contributed by atoms with Gasteiger partial charge in [0.1, 0.15) is 12.0 Å². The molecule has 0 radical (unpaired) electrons. The molecule has 5 nitrogen and oxygen atoms in total. The van der Waals surface area contributed by atoms with Crippen molar-refractivity contribution in [2.24, 2.45) is 9.98 Å². The Morgan fingerprint density at radius 3 is 2.29 bits per heavy atom. The average Bonchev–Trinajstić information content (AvgIpc) is 3.19. The second-order valence-electron chi connectivity index (χ2n) is 11.6. The third-order valence-corrected chi connectivity index (χ3v) is 8.74. The molecular formula is C37H31N5. The van der Waals surface area contributed by atoms with Crippen LogP contribution in [0.3, 0.4) is 0 Å². The van der Waals surface area contributed by atoms with Crippen LogP contribution in [0.1, 0.15) is 47.8 Å². The van der Waals surface area contributed by atoms with Crippen molar-refractivity contribution in [3.8, 4) is 0 Å². The zero-order chi connectivity index (χ0) is 28.3. The second kappa shape index (κ2) is 9.45. The quantitative estimate of drug-likeness (QED) is 0.280. The van der Waals surface area contributed by atoms with Gasteiger partial charge in [-0.25, -0.2) is 4.99 Å². The van der Waals surface area contributed by atoms with Gasteiger partial charge in [-0.2, -0.15) is 4.99 Å². The number of hydrogen-bond acceptors (Lipinski definition) is 5. The van der Waals surface area contributed by atoms with E-state index < -0.39 is 0 Å². The van der Waals surface area contributed by atoms with Crippen molar-refractivity contribution in [2.45, 2.75) is 25.4 Å². The minimum absolute atomic E-state index is 0.216. The number of nitrogens with zero attached hydrogens (tertiary/aromatic N) is 3. The Hall–Kier alpha value is -5.16. The molecule has 0 amide bonds. The average molecular weight is 546 g/mol. The molecule has 4 aromatic carbocycles. The number of guanidine groups is 1. The third-order valence-electron chi connectivity index (χ3n) is 8.74. The van der Waals surface area contributed by atoms with Gasteiger partial charge in [-0.3, -0.25) is 4.90 Å². The molecule has 0 saturated carbocycles. The van der Waals surface area contributed by atoms with Gasteiger partial charge in [0.15, 0.2) is 0 Å². The number of allylic oxidation sites excluding steroid dienone is 3. The standard InChI is InChI=1S/C37H31N5/c1-37(2)30-19-11-9-18-28(30)33-32(37)27-21-22-38-23-29(27)26-17-10-12-20-31(26)42(33)36-40-34(24-13-5-3-6-14-24)39-35(41-36)25-15-7-4-8-16-25/h3-22,34,38H,23H2,1-2H3,(H,39,40,41). The van der Waals surface area contributed by atoms with E-state index in [1.54, 1.807) is 0 Å². The fourth-order valence-corrected chi connectivity index (χ4v) is 6.81. The fourth-order valence-electron chi connectivity index (χ4n) is 6.81. The van der Waals surface area contributed by atoms with Gasteiger partial charge in [0.2, 0.25) is 5.96 Å². The van der Waals surface area contributed by atoms with Crippen LogP contribution in [0, 0.1) is 0 Å². The molecule has 4 aromatic rings. The monoisotopic (exact) mass is 545 g/mol. The number of amidine groups is 1. The summed E-state index contributed by atoms with van der Waals surface area (Å²) >= 11 is 0. The maximum Gasteiger partial charge on any atom is 0.234 e. The van der Waals surface area contributed by atoms with Gasteiger partial charge in [0.05, 0.1) is 11.4 Å². The van der Waals surface area contributed by atoms with Crippen LogP contribution in [0.15, 0.2) is 143 Å². The molecule has 8 rings (SSSR count). The molecule has 4 aliphatic rings. The highest BCUT2D eigenvalue weighted by atomic mass is 15.4. The van der Waals surface area contributed by atoms with Crippen molar-refractivity contribution in [3.63, 3.8) is 0 Å². The number of benzene rings is 4. The molecule has 1 atom stereocenters. The van der Waals surface area contributed by atoms with E-state index in [-0.39, 0.29) is 11.6 Å². The van der Waals surface area contributed by atoms with Gasteiger partial charge in [0, 0.05) is 28.7 Å². The molecule has 0 bridgehead atoms. The highest BCUT2D eigenvalue weighted by Gasteiger charge is 2.45. The lowest BCUT2D eigenvalue weighted by Crippen LogP contribution is -2.39. The highest BCUT2D eigenvalue weighted by Crippen LogP contribution is 2.55. The Morgan fingerprint density at radius 1 is 0.786 bits per heavy atom. The first-order valence-corrected chi connectivity index (χ1v) is 14.5. The van der Waals surface area contributed by atoms with Gasteiger partial charge in [-0.15, -0.1) is 0 Å². The Labute approximate surface area is 246 Å². The summed E-state index contributed by atoms with van der Waals surface area (Å²) in [5, 5.41) is 7.11. The van der Waals surface area contributed by atoms with Crippen LogP contribution in [0.2, 0.25) is 0 Å². The van der Waals surface area contributed by atoms with Crippen LogP contribution in [-0.4, -0.2) is 18.3 Å². The zero-order valence-electron chi connectivity index (χ0n) is 23.7. The van der Waals surface area contributed by atoms with Crippen LogP contribution in [-0.2, 0) is 5.41 Å². The third kappa shape index (κ3) is 3.70. The van der Waals surface area contributed by atoms with Crippen molar-refractivity contribution in [1.82, 2.24) is 10.6 Å². The van der Waals surface area contributed by atoms with E-state index in [1.807, 2.05) is 12.1 Å².